The number of amides is 1. The molecule has 5 nitrogen and oxygen atoms in total. The maximum atomic E-state index is 13.8. The third-order valence-electron chi connectivity index (χ3n) is 4.81. The van der Waals surface area contributed by atoms with Crippen LogP contribution >= 0.6 is 0 Å². The highest BCUT2D eigenvalue weighted by atomic mass is 19.1. The number of aryl methyl sites for hydroxylation is 2. The molecule has 6 heteroatoms. The van der Waals surface area contributed by atoms with E-state index < -0.39 is 0 Å². The molecule has 2 heterocycles. The average Bonchev–Trinajstić information content (AvgIpc) is 3.25. The van der Waals surface area contributed by atoms with Crippen molar-refractivity contribution in [3.8, 4) is 11.3 Å². The number of carbonyl (C=O) groups is 1. The van der Waals surface area contributed by atoms with Gasteiger partial charge in [-0.3, -0.25) is 4.79 Å². The summed E-state index contributed by atoms with van der Waals surface area (Å²) in [5, 5.41) is 7.33. The van der Waals surface area contributed by atoms with Gasteiger partial charge in [-0.05, 0) is 49.9 Å². The summed E-state index contributed by atoms with van der Waals surface area (Å²) < 4.78 is 21.4. The summed E-state index contributed by atoms with van der Waals surface area (Å²) in [5.41, 5.74) is 1.39. The smallest absolute Gasteiger partial charge is 0.225 e. The second-order valence-electron chi connectivity index (χ2n) is 7.10. The Morgan fingerprint density at radius 3 is 2.89 bits per heavy atom. The molecule has 1 saturated carbocycles. The number of nitrogens with zero attached hydrogens (tertiary/aromatic N) is 2. The summed E-state index contributed by atoms with van der Waals surface area (Å²) in [5.74, 6) is 2.18. The molecule has 0 unspecified atom stereocenters. The number of benzene rings is 1. The van der Waals surface area contributed by atoms with Gasteiger partial charge in [-0.25, -0.2) is 9.07 Å². The molecular formula is C21H22FN3O2. The molecular weight excluding hydrogens is 345 g/mol. The van der Waals surface area contributed by atoms with Crippen LogP contribution in [0.15, 0.2) is 47.0 Å². The van der Waals surface area contributed by atoms with Crippen LogP contribution < -0.4 is 5.32 Å². The molecule has 0 spiro atoms. The Labute approximate surface area is 157 Å². The lowest BCUT2D eigenvalue weighted by Gasteiger charge is -2.09. The molecule has 1 fully saturated rings. The lowest BCUT2D eigenvalue weighted by Crippen LogP contribution is -2.17. The first-order valence-electron chi connectivity index (χ1n) is 9.26. The summed E-state index contributed by atoms with van der Waals surface area (Å²) in [4.78, 5) is 12.4. The van der Waals surface area contributed by atoms with Crippen LogP contribution in [0.5, 0.6) is 0 Å². The van der Waals surface area contributed by atoms with Crippen molar-refractivity contribution in [1.82, 2.24) is 9.78 Å². The van der Waals surface area contributed by atoms with Crippen molar-refractivity contribution < 1.29 is 13.6 Å². The number of halogens is 1. The number of hydrogen-bond acceptors (Lipinski definition) is 3. The zero-order valence-electron chi connectivity index (χ0n) is 15.2. The van der Waals surface area contributed by atoms with Crippen molar-refractivity contribution in [2.24, 2.45) is 5.92 Å². The number of anilines is 1. The van der Waals surface area contributed by atoms with Gasteiger partial charge in [0.1, 0.15) is 23.2 Å². The zero-order valence-corrected chi connectivity index (χ0v) is 15.2. The molecule has 0 bridgehead atoms. The lowest BCUT2D eigenvalue weighted by atomic mass is 10.1. The van der Waals surface area contributed by atoms with Crippen LogP contribution in [0.4, 0.5) is 10.2 Å². The fourth-order valence-electron chi connectivity index (χ4n) is 3.07. The molecule has 0 atom stereocenters. The van der Waals surface area contributed by atoms with Crippen molar-refractivity contribution in [2.45, 2.75) is 39.2 Å². The Morgan fingerprint density at radius 2 is 2.11 bits per heavy atom. The Bertz CT molecular complexity index is 956. The molecule has 2 aromatic heterocycles. The van der Waals surface area contributed by atoms with E-state index in [1.807, 2.05) is 11.6 Å². The number of rotatable bonds is 7. The highest BCUT2D eigenvalue weighted by molar-refractivity contribution is 5.90. The van der Waals surface area contributed by atoms with Gasteiger partial charge in [0.25, 0.3) is 0 Å². The van der Waals surface area contributed by atoms with Crippen LogP contribution in [0.25, 0.3) is 11.3 Å². The molecule has 27 heavy (non-hydrogen) atoms. The summed E-state index contributed by atoms with van der Waals surface area (Å²) in [7, 11) is 0. The molecule has 0 aliphatic heterocycles. The van der Waals surface area contributed by atoms with Crippen LogP contribution in [-0.2, 0) is 17.8 Å². The van der Waals surface area contributed by atoms with E-state index in [4.69, 9.17) is 4.42 Å². The predicted molar refractivity (Wildman–Crippen MR) is 101 cm³/mol. The van der Waals surface area contributed by atoms with Crippen molar-refractivity contribution in [3.05, 3.63) is 59.7 Å². The fourth-order valence-corrected chi connectivity index (χ4v) is 3.07. The van der Waals surface area contributed by atoms with Crippen molar-refractivity contribution >= 4 is 11.7 Å². The molecule has 0 saturated heterocycles. The summed E-state index contributed by atoms with van der Waals surface area (Å²) >= 11 is 0. The first-order chi connectivity index (χ1) is 13.1. The topological polar surface area (TPSA) is 60.1 Å². The Hall–Kier alpha value is -2.89. The summed E-state index contributed by atoms with van der Waals surface area (Å²) in [6.07, 6.45) is 4.99. The van der Waals surface area contributed by atoms with E-state index in [-0.39, 0.29) is 18.1 Å². The third-order valence-corrected chi connectivity index (χ3v) is 4.81. The van der Waals surface area contributed by atoms with E-state index in [9.17, 15) is 9.18 Å². The second kappa shape index (κ2) is 7.39. The maximum absolute atomic E-state index is 13.8. The number of hydrogen-bond donors (Lipinski definition) is 1. The second-order valence-corrected chi connectivity index (χ2v) is 7.10. The van der Waals surface area contributed by atoms with Crippen LogP contribution in [0, 0.1) is 18.7 Å². The van der Waals surface area contributed by atoms with Gasteiger partial charge < -0.3 is 9.73 Å². The van der Waals surface area contributed by atoms with E-state index in [0.717, 1.165) is 17.9 Å². The first-order valence-corrected chi connectivity index (χ1v) is 9.26. The molecule has 1 aliphatic rings. The molecule has 3 aromatic rings. The Kier molecular flexibility index (Phi) is 4.79. The van der Waals surface area contributed by atoms with Crippen LogP contribution in [0.2, 0.25) is 0 Å². The van der Waals surface area contributed by atoms with Crippen LogP contribution in [0.3, 0.4) is 0 Å². The van der Waals surface area contributed by atoms with Gasteiger partial charge in [-0.15, -0.1) is 0 Å². The van der Waals surface area contributed by atoms with E-state index in [1.54, 1.807) is 36.5 Å². The molecule has 140 valence electrons. The average molecular weight is 367 g/mol. The Balaban J connectivity index is 1.36. The molecule has 1 aliphatic carbocycles. The van der Waals surface area contributed by atoms with Crippen molar-refractivity contribution in [2.75, 3.05) is 5.32 Å². The van der Waals surface area contributed by atoms with Crippen LogP contribution in [-0.4, -0.2) is 15.7 Å². The van der Waals surface area contributed by atoms with Gasteiger partial charge in [0.15, 0.2) is 0 Å². The van der Waals surface area contributed by atoms with Gasteiger partial charge in [-0.2, -0.15) is 5.10 Å². The van der Waals surface area contributed by atoms with Crippen molar-refractivity contribution in [1.29, 1.82) is 0 Å². The molecule has 0 radical (unpaired) electrons. The van der Waals surface area contributed by atoms with E-state index >= 15 is 0 Å². The van der Waals surface area contributed by atoms with E-state index in [0.29, 0.717) is 29.4 Å². The quantitative estimate of drug-likeness (QED) is 0.665. The zero-order chi connectivity index (χ0) is 18.8. The molecule has 4 rings (SSSR count). The van der Waals surface area contributed by atoms with E-state index in [1.165, 1.54) is 18.9 Å². The number of carbonyl (C=O) groups excluding carboxylic acids is 1. The minimum atomic E-state index is -0.324. The molecule has 1 N–H and O–H groups in total. The largest absolute Gasteiger partial charge is 0.461 e. The van der Waals surface area contributed by atoms with E-state index in [2.05, 4.69) is 10.4 Å². The van der Waals surface area contributed by atoms with Gasteiger partial charge in [0.2, 0.25) is 5.91 Å². The van der Waals surface area contributed by atoms with Gasteiger partial charge >= 0.3 is 0 Å². The minimum Gasteiger partial charge on any atom is -0.461 e. The summed E-state index contributed by atoms with van der Waals surface area (Å²) in [6.45, 7) is 2.80. The van der Waals surface area contributed by atoms with Gasteiger partial charge in [0, 0.05) is 24.9 Å². The third kappa shape index (κ3) is 4.10. The summed E-state index contributed by atoms with van der Waals surface area (Å²) in [6, 6.07) is 10.0. The number of aromatic nitrogens is 2. The molecule has 1 amide bonds. The minimum absolute atomic E-state index is 0.0838. The number of nitrogens with one attached hydrogen (secondary N) is 1. The van der Waals surface area contributed by atoms with Gasteiger partial charge in [-0.1, -0.05) is 12.1 Å². The van der Waals surface area contributed by atoms with Gasteiger partial charge in [0.05, 0.1) is 11.8 Å². The predicted octanol–water partition coefficient (Wildman–Crippen LogP) is 4.57. The normalized spacial score (nSPS) is 13.7. The standard InChI is InChI=1S/C21H22FN3O2/c1-14-12-23-25(13-15-6-7-15)21(14)24-20(26)11-9-16-8-10-19(27-16)17-4-2-3-5-18(17)22/h2-5,8,10,12,15H,6-7,9,11,13H2,1H3,(H,24,26). The molecule has 1 aromatic carbocycles. The SMILES string of the molecule is Cc1cnn(CC2CC2)c1NC(=O)CCc1ccc(-c2ccccc2F)o1. The number of furan rings is 1. The Morgan fingerprint density at radius 1 is 1.30 bits per heavy atom. The van der Waals surface area contributed by atoms with Crippen molar-refractivity contribution in [3.63, 3.8) is 0 Å². The van der Waals surface area contributed by atoms with Crippen LogP contribution in [0.1, 0.15) is 30.6 Å². The maximum Gasteiger partial charge on any atom is 0.225 e. The first kappa shape index (κ1) is 17.5. The lowest BCUT2D eigenvalue weighted by molar-refractivity contribution is -0.116. The monoisotopic (exact) mass is 367 g/mol. The highest BCUT2D eigenvalue weighted by Gasteiger charge is 2.24. The highest BCUT2D eigenvalue weighted by Crippen LogP contribution is 2.32. The fraction of sp³-hybridized carbons (Fsp3) is 0.333.